The number of hydrogen-bond acceptors (Lipinski definition) is 3. The molecule has 0 radical (unpaired) electrons. The quantitative estimate of drug-likeness (QED) is 0.486. The van der Waals surface area contributed by atoms with E-state index in [4.69, 9.17) is 5.11 Å². The van der Waals surface area contributed by atoms with Gasteiger partial charge >= 0.3 is 0 Å². The van der Waals surface area contributed by atoms with Crippen LogP contribution in [0.5, 0.6) is 0 Å². The summed E-state index contributed by atoms with van der Waals surface area (Å²) in [5.41, 5.74) is 0.467. The van der Waals surface area contributed by atoms with Crippen molar-refractivity contribution in [3.05, 3.63) is 41.8 Å². The number of aliphatic hydroxyl groups is 1. The normalized spacial score (nSPS) is 12.1. The van der Waals surface area contributed by atoms with Gasteiger partial charge in [-0.25, -0.2) is 0 Å². The molecule has 0 unspecified atom stereocenters. The van der Waals surface area contributed by atoms with Gasteiger partial charge in [0.25, 0.3) is 0 Å². The molecule has 0 rings (SSSR count). The third kappa shape index (κ3) is 4.36. The highest BCUT2D eigenvalue weighted by molar-refractivity contribution is 5.21. The minimum Gasteiger partial charge on any atom is -0.758 e. The summed E-state index contributed by atoms with van der Waals surface area (Å²) in [5, 5.41) is 19.8. The molecule has 0 amide bonds. The Balaban J connectivity index is 4.22. The van der Waals surface area contributed by atoms with Crippen LogP contribution in [0.15, 0.2) is 36.6 Å². The summed E-state index contributed by atoms with van der Waals surface area (Å²) in [7, 11) is 1.39. The molecule has 1 N–H and O–H groups in total. The van der Waals surface area contributed by atoms with Crippen molar-refractivity contribution in [2.75, 3.05) is 13.7 Å². The van der Waals surface area contributed by atoms with Gasteiger partial charge in [0.2, 0.25) is 0 Å². The summed E-state index contributed by atoms with van der Waals surface area (Å²) in [6.45, 7) is 3.39. The van der Waals surface area contributed by atoms with Gasteiger partial charge in [-0.3, -0.25) is 0 Å². The summed E-state index contributed by atoms with van der Waals surface area (Å²) in [5.74, 6) is 0. The number of nitrogens with zero attached hydrogens (tertiary/aromatic N) is 1. The average molecular weight is 154 g/mol. The van der Waals surface area contributed by atoms with Crippen LogP contribution in [-0.2, 0) is 0 Å². The Bertz CT molecular complexity index is 171. The highest BCUT2D eigenvalue weighted by Crippen LogP contribution is 2.00. The zero-order valence-corrected chi connectivity index (χ0v) is 6.53. The maximum atomic E-state index is 10.7. The monoisotopic (exact) mass is 154 g/mol. The smallest absolute Gasteiger partial charge is 0.0616 e. The van der Waals surface area contributed by atoms with Crippen LogP contribution in [0.3, 0.4) is 0 Å². The van der Waals surface area contributed by atoms with Crippen molar-refractivity contribution >= 4 is 0 Å². The Kier molecular flexibility index (Phi) is 5.15. The highest BCUT2D eigenvalue weighted by Gasteiger charge is 1.85. The van der Waals surface area contributed by atoms with Gasteiger partial charge in [0.05, 0.1) is 6.61 Å². The predicted octanol–water partition coefficient (Wildman–Crippen LogP) is 1.03. The van der Waals surface area contributed by atoms with E-state index in [2.05, 4.69) is 6.58 Å². The standard InChI is InChI=1S/C8H12NO2/c1-3-5-8(9(2)11)6-4-7-10/h3-6,10H,1,7H2,2H3/q-1/b6-4-,8-5+. The lowest BCUT2D eigenvalue weighted by Gasteiger charge is -2.25. The summed E-state index contributed by atoms with van der Waals surface area (Å²) < 4.78 is 0. The molecule has 0 aromatic rings. The summed E-state index contributed by atoms with van der Waals surface area (Å²) in [6, 6.07) is 0. The molecule has 0 bridgehead atoms. The zero-order chi connectivity index (χ0) is 8.69. The third-order valence-electron chi connectivity index (χ3n) is 1.05. The van der Waals surface area contributed by atoms with E-state index in [1.54, 1.807) is 6.08 Å². The third-order valence-corrected chi connectivity index (χ3v) is 1.05. The largest absolute Gasteiger partial charge is 0.758 e. The number of hydroxylamine groups is 2. The van der Waals surface area contributed by atoms with Crippen molar-refractivity contribution < 1.29 is 5.11 Å². The SMILES string of the molecule is C=C/C=C(\C=C/CO)N(C)[O-]. The van der Waals surface area contributed by atoms with E-state index in [1.807, 2.05) is 0 Å². The molecular formula is C8H12NO2-. The molecule has 0 fully saturated rings. The van der Waals surface area contributed by atoms with E-state index in [9.17, 15) is 5.21 Å². The summed E-state index contributed by atoms with van der Waals surface area (Å²) in [6.07, 6.45) is 6.11. The van der Waals surface area contributed by atoms with Crippen LogP contribution >= 0.6 is 0 Å². The lowest BCUT2D eigenvalue weighted by atomic mass is 10.3. The molecule has 0 aliphatic rings. The van der Waals surface area contributed by atoms with Crippen molar-refractivity contribution in [2.24, 2.45) is 0 Å². The van der Waals surface area contributed by atoms with Crippen molar-refractivity contribution in [1.82, 2.24) is 5.06 Å². The summed E-state index contributed by atoms with van der Waals surface area (Å²) in [4.78, 5) is 0. The molecule has 0 heterocycles. The van der Waals surface area contributed by atoms with E-state index < -0.39 is 0 Å². The molecule has 62 valence electrons. The van der Waals surface area contributed by atoms with E-state index in [0.29, 0.717) is 10.8 Å². The van der Waals surface area contributed by atoms with Crippen molar-refractivity contribution in [2.45, 2.75) is 0 Å². The maximum Gasteiger partial charge on any atom is 0.0616 e. The maximum absolute atomic E-state index is 10.7. The Labute approximate surface area is 66.5 Å². The first kappa shape index (κ1) is 9.94. The molecule has 3 nitrogen and oxygen atoms in total. The minimum absolute atomic E-state index is 0.0671. The van der Waals surface area contributed by atoms with Gasteiger partial charge in [-0.1, -0.05) is 18.7 Å². The van der Waals surface area contributed by atoms with Gasteiger partial charge in [-0.15, -0.1) is 0 Å². The van der Waals surface area contributed by atoms with Crippen LogP contribution in [0, 0.1) is 5.21 Å². The van der Waals surface area contributed by atoms with Gasteiger partial charge in [0.15, 0.2) is 0 Å². The highest BCUT2D eigenvalue weighted by atomic mass is 16.5. The molecule has 0 aromatic heterocycles. The first-order valence-electron chi connectivity index (χ1n) is 3.23. The molecule has 0 aliphatic heterocycles. The van der Waals surface area contributed by atoms with Gasteiger partial charge in [0, 0.05) is 5.70 Å². The van der Waals surface area contributed by atoms with Crippen LogP contribution in [0.1, 0.15) is 0 Å². The van der Waals surface area contributed by atoms with Crippen LogP contribution in [-0.4, -0.2) is 23.8 Å². The molecule has 0 atom stereocenters. The number of rotatable bonds is 4. The van der Waals surface area contributed by atoms with Crippen LogP contribution in [0.2, 0.25) is 0 Å². The van der Waals surface area contributed by atoms with Crippen LogP contribution in [0.4, 0.5) is 0 Å². The zero-order valence-electron chi connectivity index (χ0n) is 6.53. The summed E-state index contributed by atoms with van der Waals surface area (Å²) >= 11 is 0. The number of hydrogen-bond donors (Lipinski definition) is 1. The van der Waals surface area contributed by atoms with Crippen molar-refractivity contribution in [1.29, 1.82) is 0 Å². The number of allylic oxidation sites excluding steroid dienone is 3. The molecule has 0 saturated heterocycles. The lowest BCUT2D eigenvalue weighted by molar-refractivity contribution is 0.342. The Morgan fingerprint density at radius 3 is 2.73 bits per heavy atom. The van der Waals surface area contributed by atoms with E-state index in [0.717, 1.165) is 0 Å². The van der Waals surface area contributed by atoms with Gasteiger partial charge < -0.3 is 15.4 Å². The second-order valence-electron chi connectivity index (χ2n) is 1.91. The molecule has 11 heavy (non-hydrogen) atoms. The first-order valence-corrected chi connectivity index (χ1v) is 3.23. The fourth-order valence-corrected chi connectivity index (χ4v) is 0.560. The second kappa shape index (κ2) is 5.70. The van der Waals surface area contributed by atoms with E-state index >= 15 is 0 Å². The van der Waals surface area contributed by atoms with E-state index in [1.165, 1.54) is 25.3 Å². The molecule has 0 aromatic carbocycles. The fraction of sp³-hybridized carbons (Fsp3) is 0.250. The number of aliphatic hydroxyl groups excluding tert-OH is 1. The molecule has 0 spiro atoms. The second-order valence-corrected chi connectivity index (χ2v) is 1.91. The average Bonchev–Trinajstić information content (AvgIpc) is 1.97. The molecule has 0 saturated carbocycles. The fourth-order valence-electron chi connectivity index (χ4n) is 0.560. The molecule has 0 aliphatic carbocycles. The lowest BCUT2D eigenvalue weighted by Crippen LogP contribution is -2.06. The number of likely N-dealkylation sites (N-methyl/N-ethyl adjacent to an activating group) is 1. The minimum atomic E-state index is -0.0671. The Morgan fingerprint density at radius 1 is 1.73 bits per heavy atom. The van der Waals surface area contributed by atoms with Crippen LogP contribution in [0.25, 0.3) is 0 Å². The van der Waals surface area contributed by atoms with Crippen LogP contribution < -0.4 is 0 Å². The van der Waals surface area contributed by atoms with Crippen molar-refractivity contribution in [3.8, 4) is 0 Å². The first-order chi connectivity index (χ1) is 5.22. The predicted molar refractivity (Wildman–Crippen MR) is 45.6 cm³/mol. The van der Waals surface area contributed by atoms with Gasteiger partial charge in [-0.2, -0.15) is 0 Å². The molecular weight excluding hydrogens is 142 g/mol. The molecule has 3 heteroatoms. The van der Waals surface area contributed by atoms with Gasteiger partial charge in [-0.05, 0) is 19.2 Å². The topological polar surface area (TPSA) is 46.5 Å². The van der Waals surface area contributed by atoms with Gasteiger partial charge in [0.1, 0.15) is 0 Å². The van der Waals surface area contributed by atoms with Crippen molar-refractivity contribution in [3.63, 3.8) is 0 Å². The Hall–Kier alpha value is -1.06. The Morgan fingerprint density at radius 2 is 2.36 bits per heavy atom. The van der Waals surface area contributed by atoms with E-state index in [-0.39, 0.29) is 6.61 Å².